The van der Waals surface area contributed by atoms with Crippen molar-refractivity contribution in [2.24, 2.45) is 5.73 Å². The Morgan fingerprint density at radius 3 is 2.88 bits per heavy atom. The fourth-order valence-corrected chi connectivity index (χ4v) is 1.97. The van der Waals surface area contributed by atoms with Crippen LogP contribution in [-0.4, -0.2) is 4.98 Å². The summed E-state index contributed by atoms with van der Waals surface area (Å²) in [4.78, 5) is 4.51. The molecule has 86 valence electrons. The lowest BCUT2D eigenvalue weighted by Crippen LogP contribution is -2.10. The summed E-state index contributed by atoms with van der Waals surface area (Å²) < 4.78 is 0. The Morgan fingerprint density at radius 1 is 1.35 bits per heavy atom. The van der Waals surface area contributed by atoms with Crippen molar-refractivity contribution in [2.75, 3.05) is 0 Å². The lowest BCUT2D eigenvalue weighted by molar-refractivity contribution is 0.758. The number of nitrogens with two attached hydrogens (primary N) is 1. The maximum atomic E-state index is 6.19. The summed E-state index contributed by atoms with van der Waals surface area (Å²) in [6, 6.07) is 10.1. The molecular weight excluding hydrogens is 208 g/mol. The Morgan fingerprint density at radius 2 is 2.12 bits per heavy atom. The first-order valence-corrected chi connectivity index (χ1v) is 5.74. The Bertz CT molecular complexity index is 591. The first-order chi connectivity index (χ1) is 8.22. The number of benzene rings is 1. The normalized spacial score (nSPS) is 11.9. The third kappa shape index (κ3) is 2.46. The van der Waals surface area contributed by atoms with Gasteiger partial charge in [0.15, 0.2) is 0 Å². The second-order valence-electron chi connectivity index (χ2n) is 4.11. The smallest absolute Gasteiger partial charge is 0.0708 e. The molecule has 0 aliphatic heterocycles. The van der Waals surface area contributed by atoms with Gasteiger partial charge >= 0.3 is 0 Å². The summed E-state index contributed by atoms with van der Waals surface area (Å²) >= 11 is 0. The first-order valence-electron chi connectivity index (χ1n) is 5.74. The van der Waals surface area contributed by atoms with E-state index in [9.17, 15) is 0 Å². The minimum atomic E-state index is -0.0472. The van der Waals surface area contributed by atoms with Crippen LogP contribution in [0.15, 0.2) is 30.3 Å². The topological polar surface area (TPSA) is 38.9 Å². The summed E-state index contributed by atoms with van der Waals surface area (Å²) in [5.74, 6) is 5.92. The zero-order valence-corrected chi connectivity index (χ0v) is 10.2. The minimum Gasteiger partial charge on any atom is -0.323 e. The number of pyridine rings is 1. The molecule has 0 aliphatic carbocycles. The second kappa shape index (κ2) is 4.99. The zero-order chi connectivity index (χ0) is 12.3. The van der Waals surface area contributed by atoms with E-state index in [4.69, 9.17) is 5.73 Å². The van der Waals surface area contributed by atoms with Crippen molar-refractivity contribution in [1.29, 1.82) is 0 Å². The second-order valence-corrected chi connectivity index (χ2v) is 4.11. The maximum absolute atomic E-state index is 6.19. The SMILES string of the molecule is CC#CCC(N)c1cc(C)nc2ccccc12. The fraction of sp³-hybridized carbons (Fsp3) is 0.267. The van der Waals surface area contributed by atoms with Crippen molar-refractivity contribution in [3.05, 3.63) is 41.6 Å². The van der Waals surface area contributed by atoms with Gasteiger partial charge in [-0.3, -0.25) is 4.98 Å². The lowest BCUT2D eigenvalue weighted by atomic mass is 9.99. The molecule has 2 rings (SSSR count). The van der Waals surface area contributed by atoms with E-state index in [1.165, 1.54) is 0 Å². The van der Waals surface area contributed by atoms with E-state index in [0.29, 0.717) is 6.42 Å². The molecule has 0 amide bonds. The van der Waals surface area contributed by atoms with Crippen LogP contribution in [0.5, 0.6) is 0 Å². The molecule has 2 nitrogen and oxygen atoms in total. The monoisotopic (exact) mass is 224 g/mol. The molecule has 2 aromatic rings. The van der Waals surface area contributed by atoms with Crippen LogP contribution >= 0.6 is 0 Å². The highest BCUT2D eigenvalue weighted by molar-refractivity contribution is 5.82. The van der Waals surface area contributed by atoms with Crippen molar-refractivity contribution in [2.45, 2.75) is 26.3 Å². The summed E-state index contributed by atoms with van der Waals surface area (Å²) in [5, 5.41) is 1.13. The van der Waals surface area contributed by atoms with Crippen LogP contribution in [0, 0.1) is 18.8 Å². The van der Waals surface area contributed by atoms with Crippen molar-refractivity contribution >= 4 is 10.9 Å². The summed E-state index contributed by atoms with van der Waals surface area (Å²) in [5.41, 5.74) is 9.32. The number of hydrogen-bond acceptors (Lipinski definition) is 2. The molecule has 1 aromatic carbocycles. The van der Waals surface area contributed by atoms with Crippen LogP contribution < -0.4 is 5.73 Å². The summed E-state index contributed by atoms with van der Waals surface area (Å²) in [6.45, 7) is 3.83. The van der Waals surface area contributed by atoms with Crippen molar-refractivity contribution in [3.8, 4) is 11.8 Å². The molecular formula is C15H16N2. The number of aromatic nitrogens is 1. The Hall–Kier alpha value is -1.85. The predicted octanol–water partition coefficient (Wildman–Crippen LogP) is 2.96. The molecule has 17 heavy (non-hydrogen) atoms. The number of hydrogen-bond donors (Lipinski definition) is 1. The van der Waals surface area contributed by atoms with Gasteiger partial charge in [0.05, 0.1) is 5.52 Å². The minimum absolute atomic E-state index is 0.0472. The molecule has 1 aromatic heterocycles. The average molecular weight is 224 g/mol. The van der Waals surface area contributed by atoms with E-state index in [2.05, 4.69) is 29.0 Å². The maximum Gasteiger partial charge on any atom is 0.0708 e. The summed E-state index contributed by atoms with van der Waals surface area (Å²) in [7, 11) is 0. The zero-order valence-electron chi connectivity index (χ0n) is 10.2. The number of aryl methyl sites for hydroxylation is 1. The molecule has 1 atom stereocenters. The van der Waals surface area contributed by atoms with Gasteiger partial charge in [0.1, 0.15) is 0 Å². The first kappa shape index (κ1) is 11.6. The van der Waals surface area contributed by atoms with Crippen LogP contribution in [0.3, 0.4) is 0 Å². The van der Waals surface area contributed by atoms with Crippen molar-refractivity contribution in [3.63, 3.8) is 0 Å². The van der Waals surface area contributed by atoms with E-state index in [-0.39, 0.29) is 6.04 Å². The molecule has 0 aliphatic rings. The number of fused-ring (bicyclic) bond motifs is 1. The van der Waals surface area contributed by atoms with E-state index in [0.717, 1.165) is 22.2 Å². The van der Waals surface area contributed by atoms with E-state index < -0.39 is 0 Å². The van der Waals surface area contributed by atoms with Crippen LogP contribution in [0.1, 0.15) is 30.6 Å². The third-order valence-electron chi connectivity index (χ3n) is 2.77. The quantitative estimate of drug-likeness (QED) is 0.796. The van der Waals surface area contributed by atoms with E-state index >= 15 is 0 Å². The Balaban J connectivity index is 2.54. The van der Waals surface area contributed by atoms with Crippen LogP contribution in [0.4, 0.5) is 0 Å². The average Bonchev–Trinajstić information content (AvgIpc) is 2.34. The van der Waals surface area contributed by atoms with Gasteiger partial charge in [0, 0.05) is 23.5 Å². The van der Waals surface area contributed by atoms with Gasteiger partial charge in [-0.2, -0.15) is 0 Å². The molecule has 0 saturated carbocycles. The van der Waals surface area contributed by atoms with Crippen LogP contribution in [0.2, 0.25) is 0 Å². The van der Waals surface area contributed by atoms with E-state index in [1.807, 2.05) is 32.0 Å². The van der Waals surface area contributed by atoms with Gasteiger partial charge in [-0.15, -0.1) is 11.8 Å². The number of nitrogens with zero attached hydrogens (tertiary/aromatic N) is 1. The largest absolute Gasteiger partial charge is 0.323 e. The van der Waals surface area contributed by atoms with Gasteiger partial charge in [0.2, 0.25) is 0 Å². The molecule has 0 bridgehead atoms. The fourth-order valence-electron chi connectivity index (χ4n) is 1.97. The van der Waals surface area contributed by atoms with Gasteiger partial charge in [-0.25, -0.2) is 0 Å². The van der Waals surface area contributed by atoms with Gasteiger partial charge in [0.25, 0.3) is 0 Å². The van der Waals surface area contributed by atoms with Crippen LogP contribution in [-0.2, 0) is 0 Å². The highest BCUT2D eigenvalue weighted by Gasteiger charge is 2.10. The number of rotatable bonds is 2. The van der Waals surface area contributed by atoms with E-state index in [1.54, 1.807) is 0 Å². The summed E-state index contributed by atoms with van der Waals surface area (Å²) in [6.07, 6.45) is 0.684. The predicted molar refractivity (Wildman–Crippen MR) is 71.5 cm³/mol. The lowest BCUT2D eigenvalue weighted by Gasteiger charge is -2.12. The molecule has 0 radical (unpaired) electrons. The molecule has 1 heterocycles. The molecule has 2 N–H and O–H groups in total. The Kier molecular flexibility index (Phi) is 3.41. The molecule has 0 saturated heterocycles. The van der Waals surface area contributed by atoms with Crippen molar-refractivity contribution < 1.29 is 0 Å². The van der Waals surface area contributed by atoms with Crippen molar-refractivity contribution in [1.82, 2.24) is 4.98 Å². The van der Waals surface area contributed by atoms with Gasteiger partial charge in [-0.05, 0) is 31.5 Å². The molecule has 2 heteroatoms. The molecule has 0 fully saturated rings. The van der Waals surface area contributed by atoms with Gasteiger partial charge in [-0.1, -0.05) is 18.2 Å². The third-order valence-corrected chi connectivity index (χ3v) is 2.77. The Labute approximate surface area is 102 Å². The van der Waals surface area contributed by atoms with Gasteiger partial charge < -0.3 is 5.73 Å². The standard InChI is InChI=1S/C15H16N2/c1-3-4-8-14(16)13-10-11(2)17-15-9-6-5-7-12(13)15/h5-7,9-10,14H,8,16H2,1-2H3. The number of para-hydroxylation sites is 1. The molecule has 1 unspecified atom stereocenters. The molecule has 0 spiro atoms. The highest BCUT2D eigenvalue weighted by atomic mass is 14.7. The highest BCUT2D eigenvalue weighted by Crippen LogP contribution is 2.24. The van der Waals surface area contributed by atoms with Crippen LogP contribution in [0.25, 0.3) is 10.9 Å².